The van der Waals surface area contributed by atoms with Crippen LogP contribution >= 0.6 is 0 Å². The van der Waals surface area contributed by atoms with Crippen molar-refractivity contribution in [2.45, 2.75) is 26.1 Å². The molecule has 0 radical (unpaired) electrons. The molecule has 0 aliphatic rings. The average Bonchev–Trinajstić information content (AvgIpc) is 2.14. The van der Waals surface area contributed by atoms with Crippen LogP contribution in [0.3, 0.4) is 0 Å². The summed E-state index contributed by atoms with van der Waals surface area (Å²) in [4.78, 5) is 3.58. The first-order valence-corrected chi connectivity index (χ1v) is 4.33. The Hall–Kier alpha value is -1.24. The van der Waals surface area contributed by atoms with Crippen molar-refractivity contribution in [3.05, 3.63) is 28.6 Å². The van der Waals surface area contributed by atoms with Crippen LogP contribution < -0.4 is 5.73 Å². The highest BCUT2D eigenvalue weighted by molar-refractivity contribution is 5.35. The Morgan fingerprint density at radius 1 is 1.38 bits per heavy atom. The first-order chi connectivity index (χ1) is 7.27. The third kappa shape index (κ3) is 2.46. The molecule has 0 spiro atoms. The standard InChI is InChI=1S/C9H9F5N2/c1-4-2-5(9(12,13)14)7(8(10)11)6(3-15)16-4/h2,8H,3,15H2,1H3. The zero-order valence-electron chi connectivity index (χ0n) is 8.28. The minimum absolute atomic E-state index is 0.0113. The van der Waals surface area contributed by atoms with Gasteiger partial charge < -0.3 is 5.73 Å². The van der Waals surface area contributed by atoms with Gasteiger partial charge in [-0.2, -0.15) is 13.2 Å². The van der Waals surface area contributed by atoms with E-state index < -0.39 is 36.0 Å². The molecule has 0 atom stereocenters. The second-order valence-electron chi connectivity index (χ2n) is 3.17. The first kappa shape index (κ1) is 12.8. The Morgan fingerprint density at radius 3 is 2.31 bits per heavy atom. The van der Waals surface area contributed by atoms with Gasteiger partial charge in [-0.15, -0.1) is 0 Å². The second-order valence-corrected chi connectivity index (χ2v) is 3.17. The number of halogens is 5. The minimum atomic E-state index is -4.83. The number of alkyl halides is 5. The molecular weight excluding hydrogens is 231 g/mol. The molecule has 0 aliphatic carbocycles. The number of aromatic nitrogens is 1. The van der Waals surface area contributed by atoms with Crippen LogP contribution in [0.15, 0.2) is 6.07 Å². The zero-order valence-corrected chi connectivity index (χ0v) is 8.28. The number of hydrogen-bond acceptors (Lipinski definition) is 2. The Morgan fingerprint density at radius 2 is 1.94 bits per heavy atom. The SMILES string of the molecule is Cc1cc(C(F)(F)F)c(C(F)F)c(CN)n1. The summed E-state index contributed by atoms with van der Waals surface area (Å²) in [5, 5.41) is 0. The maximum Gasteiger partial charge on any atom is 0.417 e. The molecule has 16 heavy (non-hydrogen) atoms. The third-order valence-electron chi connectivity index (χ3n) is 1.98. The average molecular weight is 240 g/mol. The summed E-state index contributed by atoms with van der Waals surface area (Å²) in [6.45, 7) is 0.841. The fraction of sp³-hybridized carbons (Fsp3) is 0.444. The Balaban J connectivity index is 3.51. The van der Waals surface area contributed by atoms with Crippen molar-refractivity contribution in [2.24, 2.45) is 5.73 Å². The summed E-state index contributed by atoms with van der Waals surface area (Å²) >= 11 is 0. The molecule has 0 aliphatic heterocycles. The molecule has 0 bridgehead atoms. The van der Waals surface area contributed by atoms with Crippen molar-refractivity contribution in [3.63, 3.8) is 0 Å². The summed E-state index contributed by atoms with van der Waals surface area (Å²) in [6.07, 6.45) is -8.08. The minimum Gasteiger partial charge on any atom is -0.325 e. The van der Waals surface area contributed by atoms with Gasteiger partial charge in [-0.3, -0.25) is 4.98 Å². The van der Waals surface area contributed by atoms with Gasteiger partial charge in [-0.25, -0.2) is 8.78 Å². The molecule has 1 heterocycles. The van der Waals surface area contributed by atoms with Gasteiger partial charge in [0.05, 0.1) is 16.8 Å². The molecule has 2 nitrogen and oxygen atoms in total. The van der Waals surface area contributed by atoms with E-state index in [1.54, 1.807) is 0 Å². The van der Waals surface area contributed by atoms with Gasteiger partial charge in [0.1, 0.15) is 0 Å². The van der Waals surface area contributed by atoms with Crippen LogP contribution in [-0.4, -0.2) is 4.98 Å². The van der Waals surface area contributed by atoms with Gasteiger partial charge in [0.2, 0.25) is 0 Å². The molecule has 0 saturated carbocycles. The molecule has 2 N–H and O–H groups in total. The van der Waals surface area contributed by atoms with Crippen LogP contribution in [0.1, 0.15) is 28.9 Å². The van der Waals surface area contributed by atoms with Crippen LogP contribution in [0.5, 0.6) is 0 Å². The lowest BCUT2D eigenvalue weighted by Gasteiger charge is -2.15. The molecule has 90 valence electrons. The van der Waals surface area contributed by atoms with Crippen LogP contribution in [0, 0.1) is 6.92 Å². The Bertz CT molecular complexity index is 386. The van der Waals surface area contributed by atoms with E-state index in [0.29, 0.717) is 6.07 Å². The van der Waals surface area contributed by atoms with E-state index >= 15 is 0 Å². The lowest BCUT2D eigenvalue weighted by molar-refractivity contribution is -0.139. The van der Waals surface area contributed by atoms with Crippen LogP contribution in [0.4, 0.5) is 22.0 Å². The molecule has 1 aromatic heterocycles. The zero-order chi connectivity index (χ0) is 12.5. The maximum absolute atomic E-state index is 12.5. The summed E-state index contributed by atoms with van der Waals surface area (Å²) in [6, 6.07) is 0.598. The number of nitrogens with zero attached hydrogens (tertiary/aromatic N) is 1. The predicted molar refractivity (Wildman–Crippen MR) is 46.8 cm³/mol. The molecule has 0 saturated heterocycles. The maximum atomic E-state index is 12.5. The van der Waals surface area contributed by atoms with Crippen LogP contribution in [-0.2, 0) is 12.7 Å². The third-order valence-corrected chi connectivity index (χ3v) is 1.98. The summed E-state index contributed by atoms with van der Waals surface area (Å²) in [7, 11) is 0. The lowest BCUT2D eigenvalue weighted by Crippen LogP contribution is -2.16. The summed E-state index contributed by atoms with van der Waals surface area (Å²) in [5.41, 5.74) is 2.21. The monoisotopic (exact) mass is 240 g/mol. The smallest absolute Gasteiger partial charge is 0.325 e. The highest BCUT2D eigenvalue weighted by atomic mass is 19.4. The molecule has 7 heteroatoms. The second kappa shape index (κ2) is 4.32. The topological polar surface area (TPSA) is 38.9 Å². The van der Waals surface area contributed by atoms with E-state index in [9.17, 15) is 22.0 Å². The van der Waals surface area contributed by atoms with Gasteiger partial charge in [0.15, 0.2) is 0 Å². The van der Waals surface area contributed by atoms with Gasteiger partial charge in [-0.05, 0) is 13.0 Å². The molecule has 0 aromatic carbocycles. The van der Waals surface area contributed by atoms with Gasteiger partial charge in [-0.1, -0.05) is 0 Å². The van der Waals surface area contributed by atoms with E-state index in [2.05, 4.69) is 4.98 Å². The highest BCUT2D eigenvalue weighted by Gasteiger charge is 2.37. The normalized spacial score (nSPS) is 12.2. The fourth-order valence-corrected chi connectivity index (χ4v) is 1.38. The molecule has 1 aromatic rings. The quantitative estimate of drug-likeness (QED) is 0.807. The van der Waals surface area contributed by atoms with E-state index in [-0.39, 0.29) is 5.69 Å². The van der Waals surface area contributed by atoms with Gasteiger partial charge in [0, 0.05) is 12.2 Å². The van der Waals surface area contributed by atoms with Gasteiger partial charge in [0.25, 0.3) is 6.43 Å². The van der Waals surface area contributed by atoms with Crippen molar-refractivity contribution in [1.29, 1.82) is 0 Å². The summed E-state index contributed by atoms with van der Waals surface area (Å²) < 4.78 is 62.6. The molecule has 1 rings (SSSR count). The van der Waals surface area contributed by atoms with Crippen molar-refractivity contribution in [2.75, 3.05) is 0 Å². The summed E-state index contributed by atoms with van der Waals surface area (Å²) in [5.74, 6) is 0. The number of hydrogen-bond donors (Lipinski definition) is 1. The highest BCUT2D eigenvalue weighted by Crippen LogP contribution is 2.37. The number of pyridine rings is 1. The van der Waals surface area contributed by atoms with E-state index in [1.165, 1.54) is 6.92 Å². The lowest BCUT2D eigenvalue weighted by atomic mass is 10.0. The molecule has 0 fully saturated rings. The molecule has 0 unspecified atom stereocenters. The van der Waals surface area contributed by atoms with Crippen LogP contribution in [0.2, 0.25) is 0 Å². The van der Waals surface area contributed by atoms with E-state index in [4.69, 9.17) is 5.73 Å². The largest absolute Gasteiger partial charge is 0.417 e. The van der Waals surface area contributed by atoms with E-state index in [1.807, 2.05) is 0 Å². The van der Waals surface area contributed by atoms with E-state index in [0.717, 1.165) is 0 Å². The first-order valence-electron chi connectivity index (χ1n) is 4.33. The van der Waals surface area contributed by atoms with Crippen molar-refractivity contribution < 1.29 is 22.0 Å². The van der Waals surface area contributed by atoms with Crippen molar-refractivity contribution >= 4 is 0 Å². The van der Waals surface area contributed by atoms with Gasteiger partial charge >= 0.3 is 6.18 Å². The van der Waals surface area contributed by atoms with Crippen molar-refractivity contribution in [3.8, 4) is 0 Å². The fourth-order valence-electron chi connectivity index (χ4n) is 1.38. The van der Waals surface area contributed by atoms with Crippen LogP contribution in [0.25, 0.3) is 0 Å². The number of nitrogens with two attached hydrogens (primary N) is 1. The molecule has 0 amide bonds. The molecular formula is C9H9F5N2. The Kier molecular flexibility index (Phi) is 3.47. The van der Waals surface area contributed by atoms with Crippen molar-refractivity contribution in [1.82, 2.24) is 4.98 Å². The predicted octanol–water partition coefficient (Wildman–Crippen LogP) is 2.81. The Labute approximate surface area is 88.3 Å². The number of aryl methyl sites for hydroxylation is 1. The number of rotatable bonds is 2.